The Balaban J connectivity index is 2.17. The topological polar surface area (TPSA) is 74.6 Å². The minimum Gasteiger partial charge on any atom is -0.324 e. The molecule has 0 heterocycles. The van der Waals surface area contributed by atoms with Crippen molar-refractivity contribution in [3.05, 3.63) is 0 Å². The van der Waals surface area contributed by atoms with E-state index in [4.69, 9.17) is 9.79 Å². The average Bonchev–Trinajstić information content (AvgIpc) is 2.49. The van der Waals surface area contributed by atoms with Crippen LogP contribution in [0.4, 0.5) is 0 Å². The first-order chi connectivity index (χ1) is 6.47. The molecule has 82 valence electrons. The van der Waals surface area contributed by atoms with Crippen molar-refractivity contribution in [2.24, 2.45) is 5.92 Å². The monoisotopic (exact) mass is 220 g/mol. The maximum Gasteiger partial charge on any atom is 0.332 e. The second kappa shape index (κ2) is 5.06. The van der Waals surface area contributed by atoms with Gasteiger partial charge in [0.1, 0.15) is 11.9 Å². The Kier molecular flexibility index (Phi) is 4.30. The Labute approximate surface area is 83.9 Å². The molecular formula is C9H17O4P. The molecule has 0 unspecified atom stereocenters. The predicted octanol–water partition coefficient (Wildman–Crippen LogP) is 1.70. The number of carbonyl (C=O) groups excluding carboxylic acids is 1. The zero-order chi connectivity index (χ0) is 10.6. The molecule has 5 heteroatoms. The number of rotatable bonds is 5. The molecule has 0 aromatic heterocycles. The zero-order valence-corrected chi connectivity index (χ0v) is 9.08. The van der Waals surface area contributed by atoms with Crippen molar-refractivity contribution < 1.29 is 19.1 Å². The summed E-state index contributed by atoms with van der Waals surface area (Å²) in [7, 11) is -4.13. The summed E-state index contributed by atoms with van der Waals surface area (Å²) in [6.07, 6.45) is 5.36. The van der Waals surface area contributed by atoms with Gasteiger partial charge in [0.05, 0.1) is 0 Å². The highest BCUT2D eigenvalue weighted by Crippen LogP contribution is 2.35. The van der Waals surface area contributed by atoms with Crippen LogP contribution in [0.1, 0.15) is 38.5 Å². The Hall–Kier alpha value is -0.180. The van der Waals surface area contributed by atoms with Gasteiger partial charge in [-0.15, -0.1) is 0 Å². The molecule has 1 aliphatic carbocycles. The molecule has 0 aromatic carbocycles. The molecule has 14 heavy (non-hydrogen) atoms. The Morgan fingerprint density at radius 3 is 2.36 bits per heavy atom. The molecule has 0 aromatic rings. The molecule has 0 atom stereocenters. The standard InChI is InChI=1S/C9H17O4P/c10-9(7-14(11,12)13)6-5-8-3-1-2-4-8/h8H,1-7H2,(H2,11,12,13). The van der Waals surface area contributed by atoms with Crippen molar-refractivity contribution in [2.45, 2.75) is 38.5 Å². The quantitative estimate of drug-likeness (QED) is 0.691. The highest BCUT2D eigenvalue weighted by atomic mass is 31.2. The van der Waals surface area contributed by atoms with Gasteiger partial charge >= 0.3 is 7.60 Å². The summed E-state index contributed by atoms with van der Waals surface area (Å²) in [4.78, 5) is 28.3. The molecule has 2 N–H and O–H groups in total. The second-order valence-electron chi connectivity index (χ2n) is 4.05. The number of ketones is 1. The van der Waals surface area contributed by atoms with E-state index < -0.39 is 13.8 Å². The molecule has 4 nitrogen and oxygen atoms in total. The first-order valence-electron chi connectivity index (χ1n) is 5.03. The van der Waals surface area contributed by atoms with Crippen molar-refractivity contribution in [1.82, 2.24) is 0 Å². The van der Waals surface area contributed by atoms with Crippen LogP contribution in [0.5, 0.6) is 0 Å². The fraction of sp³-hybridized carbons (Fsp3) is 0.889. The minimum atomic E-state index is -4.13. The fourth-order valence-electron chi connectivity index (χ4n) is 1.97. The molecule has 1 saturated carbocycles. The number of hydrogen-bond acceptors (Lipinski definition) is 2. The van der Waals surface area contributed by atoms with Gasteiger partial charge < -0.3 is 9.79 Å². The van der Waals surface area contributed by atoms with Gasteiger partial charge in [0.2, 0.25) is 0 Å². The third kappa shape index (κ3) is 4.89. The van der Waals surface area contributed by atoms with Crippen LogP contribution in [-0.4, -0.2) is 21.7 Å². The number of carbonyl (C=O) groups is 1. The molecule has 1 aliphatic rings. The van der Waals surface area contributed by atoms with Gasteiger partial charge in [-0.1, -0.05) is 25.7 Å². The van der Waals surface area contributed by atoms with Crippen molar-refractivity contribution in [2.75, 3.05) is 6.16 Å². The number of Topliss-reactive ketones (excluding diaryl/α,β-unsaturated/α-hetero) is 1. The molecule has 0 saturated heterocycles. The first-order valence-corrected chi connectivity index (χ1v) is 6.83. The SMILES string of the molecule is O=C(CCC1CCCC1)CP(=O)(O)O. The molecule has 0 spiro atoms. The summed E-state index contributed by atoms with van der Waals surface area (Å²) in [6.45, 7) is 0. The third-order valence-electron chi connectivity index (χ3n) is 2.69. The van der Waals surface area contributed by atoms with E-state index in [1.54, 1.807) is 0 Å². The second-order valence-corrected chi connectivity index (χ2v) is 5.70. The van der Waals surface area contributed by atoms with Gasteiger partial charge in [-0.05, 0) is 12.3 Å². The van der Waals surface area contributed by atoms with Gasteiger partial charge in [0, 0.05) is 6.42 Å². The predicted molar refractivity (Wildman–Crippen MR) is 53.1 cm³/mol. The molecule has 0 aliphatic heterocycles. The largest absolute Gasteiger partial charge is 0.332 e. The van der Waals surface area contributed by atoms with Gasteiger partial charge in [-0.2, -0.15) is 0 Å². The lowest BCUT2D eigenvalue weighted by Gasteiger charge is -2.07. The lowest BCUT2D eigenvalue weighted by molar-refractivity contribution is -0.117. The summed E-state index contributed by atoms with van der Waals surface area (Å²) in [5.74, 6) is 0.306. The van der Waals surface area contributed by atoms with E-state index in [0.717, 1.165) is 6.42 Å². The molecule has 0 bridgehead atoms. The van der Waals surface area contributed by atoms with E-state index in [1.165, 1.54) is 25.7 Å². The van der Waals surface area contributed by atoms with E-state index in [9.17, 15) is 9.36 Å². The van der Waals surface area contributed by atoms with Crippen LogP contribution in [-0.2, 0) is 9.36 Å². The van der Waals surface area contributed by atoms with Gasteiger partial charge in [0.25, 0.3) is 0 Å². The number of hydrogen-bond donors (Lipinski definition) is 2. The maximum absolute atomic E-state index is 11.1. The fourth-order valence-corrected chi connectivity index (χ4v) is 2.59. The van der Waals surface area contributed by atoms with E-state index in [2.05, 4.69) is 0 Å². The van der Waals surface area contributed by atoms with Crippen molar-refractivity contribution in [3.8, 4) is 0 Å². The Morgan fingerprint density at radius 2 is 1.86 bits per heavy atom. The van der Waals surface area contributed by atoms with Crippen LogP contribution in [0.3, 0.4) is 0 Å². The van der Waals surface area contributed by atoms with Crippen LogP contribution in [0.2, 0.25) is 0 Å². The lowest BCUT2D eigenvalue weighted by atomic mass is 10.0. The average molecular weight is 220 g/mol. The molecule has 0 amide bonds. The van der Waals surface area contributed by atoms with Crippen molar-refractivity contribution in [1.29, 1.82) is 0 Å². The van der Waals surface area contributed by atoms with Crippen LogP contribution < -0.4 is 0 Å². The van der Waals surface area contributed by atoms with Crippen LogP contribution in [0.25, 0.3) is 0 Å². The molecule has 0 radical (unpaired) electrons. The maximum atomic E-state index is 11.1. The summed E-state index contributed by atoms with van der Waals surface area (Å²) >= 11 is 0. The first kappa shape index (κ1) is 11.9. The van der Waals surface area contributed by atoms with Crippen molar-refractivity contribution >= 4 is 13.4 Å². The molecule has 1 fully saturated rings. The van der Waals surface area contributed by atoms with E-state index in [0.29, 0.717) is 12.3 Å². The van der Waals surface area contributed by atoms with Crippen LogP contribution in [0.15, 0.2) is 0 Å². The summed E-state index contributed by atoms with van der Waals surface area (Å²) in [6, 6.07) is 0. The highest BCUT2D eigenvalue weighted by Gasteiger charge is 2.21. The lowest BCUT2D eigenvalue weighted by Crippen LogP contribution is -2.07. The minimum absolute atomic E-state index is 0.301. The van der Waals surface area contributed by atoms with Crippen molar-refractivity contribution in [3.63, 3.8) is 0 Å². The normalized spacial score (nSPS) is 18.7. The Bertz CT molecular complexity index is 239. The van der Waals surface area contributed by atoms with E-state index in [1.807, 2.05) is 0 Å². The molecular weight excluding hydrogens is 203 g/mol. The van der Waals surface area contributed by atoms with Crippen LogP contribution >= 0.6 is 7.60 Å². The summed E-state index contributed by atoms with van der Waals surface area (Å²) in [5.41, 5.74) is 0. The van der Waals surface area contributed by atoms with Crippen LogP contribution in [0, 0.1) is 5.92 Å². The summed E-state index contributed by atoms with van der Waals surface area (Å²) in [5, 5.41) is 0. The Morgan fingerprint density at radius 1 is 1.29 bits per heavy atom. The van der Waals surface area contributed by atoms with E-state index in [-0.39, 0.29) is 5.78 Å². The zero-order valence-electron chi connectivity index (χ0n) is 8.19. The highest BCUT2D eigenvalue weighted by molar-refractivity contribution is 7.52. The van der Waals surface area contributed by atoms with Gasteiger partial charge in [-0.3, -0.25) is 9.36 Å². The summed E-state index contributed by atoms with van der Waals surface area (Å²) < 4.78 is 10.5. The smallest absolute Gasteiger partial charge is 0.324 e. The van der Waals surface area contributed by atoms with Gasteiger partial charge in [0.15, 0.2) is 0 Å². The van der Waals surface area contributed by atoms with Gasteiger partial charge in [-0.25, -0.2) is 0 Å². The third-order valence-corrected chi connectivity index (χ3v) is 3.45. The molecule has 1 rings (SSSR count). The van der Waals surface area contributed by atoms with E-state index >= 15 is 0 Å².